The smallest absolute Gasteiger partial charge is 0.214 e. The van der Waals surface area contributed by atoms with Crippen LogP contribution in [0.2, 0.25) is 0 Å². The van der Waals surface area contributed by atoms with E-state index in [9.17, 15) is 13.2 Å². The van der Waals surface area contributed by atoms with Gasteiger partial charge in [0, 0.05) is 6.42 Å². The summed E-state index contributed by atoms with van der Waals surface area (Å²) in [6, 6.07) is 0. The average molecular weight is 145 g/mol. The molecule has 0 radical (unpaired) electrons. The highest BCUT2D eigenvalue weighted by molar-refractivity contribution is 6.29. The molecule has 0 saturated carbocycles. The Morgan fingerprint density at radius 3 is 2.25 bits per heavy atom. The van der Waals surface area contributed by atoms with Crippen molar-refractivity contribution in [2.24, 2.45) is 0 Å². The molecule has 0 aromatic carbocycles. The molecular weight excluding hydrogens is 140 g/mol. The first-order valence-corrected chi connectivity index (χ1v) is 2.27. The van der Waals surface area contributed by atoms with Crippen LogP contribution < -0.4 is 0 Å². The van der Waals surface area contributed by atoms with Gasteiger partial charge in [-0.3, -0.25) is 0 Å². The number of rotatable bonds is 2. The molecule has 0 spiro atoms. The van der Waals surface area contributed by atoms with Crippen LogP contribution in [0, 0.1) is 0 Å². The second-order valence-corrected chi connectivity index (χ2v) is 1.64. The molecule has 0 aliphatic heterocycles. The number of hydrogen-bond acceptors (Lipinski definition) is 0. The second-order valence-electron chi connectivity index (χ2n) is 1.15. The van der Waals surface area contributed by atoms with Crippen molar-refractivity contribution < 1.29 is 13.2 Å². The third-order valence-electron chi connectivity index (χ3n) is 0.468. The maximum absolute atomic E-state index is 11.2. The number of halogens is 4. The minimum Gasteiger partial charge on any atom is -0.214 e. The van der Waals surface area contributed by atoms with Crippen molar-refractivity contribution >= 4 is 11.6 Å². The SMILES string of the molecule is FC=C(Cl)CC(F)F. The van der Waals surface area contributed by atoms with Crippen molar-refractivity contribution in [1.29, 1.82) is 0 Å². The van der Waals surface area contributed by atoms with Gasteiger partial charge in [0.25, 0.3) is 0 Å². The third kappa shape index (κ3) is 3.99. The van der Waals surface area contributed by atoms with Crippen molar-refractivity contribution in [2.45, 2.75) is 12.8 Å². The van der Waals surface area contributed by atoms with E-state index >= 15 is 0 Å². The summed E-state index contributed by atoms with van der Waals surface area (Å²) in [6.45, 7) is 0. The maximum atomic E-state index is 11.2. The number of hydrogen-bond donors (Lipinski definition) is 0. The van der Waals surface area contributed by atoms with Crippen LogP contribution >= 0.6 is 11.6 Å². The summed E-state index contributed by atoms with van der Waals surface area (Å²) in [5, 5.41) is -0.444. The van der Waals surface area contributed by atoms with Crippen molar-refractivity contribution in [3.8, 4) is 0 Å². The molecule has 0 amide bonds. The summed E-state index contributed by atoms with van der Waals surface area (Å²) >= 11 is 4.87. The van der Waals surface area contributed by atoms with Gasteiger partial charge in [-0.05, 0) is 0 Å². The summed E-state index contributed by atoms with van der Waals surface area (Å²) in [6.07, 6.45) is -3.29. The summed E-state index contributed by atoms with van der Waals surface area (Å²) < 4.78 is 33.5. The zero-order valence-corrected chi connectivity index (χ0v) is 4.63. The molecule has 0 nitrogen and oxygen atoms in total. The molecule has 0 saturated heterocycles. The highest BCUT2D eigenvalue weighted by atomic mass is 35.5. The van der Waals surface area contributed by atoms with Crippen LogP contribution in [0.25, 0.3) is 0 Å². The first-order chi connectivity index (χ1) is 3.66. The standard InChI is InChI=1S/C4H4ClF3/c5-3(2-6)1-4(7)8/h2,4H,1H2. The van der Waals surface area contributed by atoms with Gasteiger partial charge in [0.2, 0.25) is 6.43 Å². The minimum atomic E-state index is -2.56. The molecular formula is C4H4ClF3. The fourth-order valence-electron chi connectivity index (χ4n) is 0.192. The van der Waals surface area contributed by atoms with E-state index in [-0.39, 0.29) is 6.33 Å². The van der Waals surface area contributed by atoms with Gasteiger partial charge in [-0.2, -0.15) is 0 Å². The molecule has 0 N–H and O–H groups in total. The Morgan fingerprint density at radius 2 is 2.12 bits per heavy atom. The molecule has 0 fully saturated rings. The van der Waals surface area contributed by atoms with E-state index in [2.05, 4.69) is 0 Å². The van der Waals surface area contributed by atoms with Gasteiger partial charge in [0.15, 0.2) is 0 Å². The minimum absolute atomic E-state index is 0.0340. The lowest BCUT2D eigenvalue weighted by molar-refractivity contribution is 0.150. The molecule has 4 heteroatoms. The van der Waals surface area contributed by atoms with E-state index < -0.39 is 17.9 Å². The summed E-state index contributed by atoms with van der Waals surface area (Å²) in [5.74, 6) is 0. The van der Waals surface area contributed by atoms with Crippen LogP contribution in [0.15, 0.2) is 11.4 Å². The van der Waals surface area contributed by atoms with E-state index in [1.165, 1.54) is 0 Å². The Bertz CT molecular complexity index is 89.3. The molecule has 0 aromatic rings. The van der Waals surface area contributed by atoms with Gasteiger partial charge >= 0.3 is 0 Å². The van der Waals surface area contributed by atoms with E-state index in [4.69, 9.17) is 11.6 Å². The maximum Gasteiger partial charge on any atom is 0.243 e. The largest absolute Gasteiger partial charge is 0.243 e. The van der Waals surface area contributed by atoms with Crippen LogP contribution in [0.3, 0.4) is 0 Å². The molecule has 0 unspecified atom stereocenters. The summed E-state index contributed by atoms with van der Waals surface area (Å²) in [7, 11) is 0. The first-order valence-electron chi connectivity index (χ1n) is 1.89. The van der Waals surface area contributed by atoms with Crippen molar-refractivity contribution in [3.63, 3.8) is 0 Å². The zero-order chi connectivity index (χ0) is 6.57. The van der Waals surface area contributed by atoms with E-state index in [0.29, 0.717) is 0 Å². The van der Waals surface area contributed by atoms with Gasteiger partial charge in [-0.15, -0.1) is 0 Å². The highest BCUT2D eigenvalue weighted by Crippen LogP contribution is 2.12. The van der Waals surface area contributed by atoms with Crippen molar-refractivity contribution in [3.05, 3.63) is 11.4 Å². The fourth-order valence-corrected chi connectivity index (χ4v) is 0.309. The third-order valence-corrected chi connectivity index (χ3v) is 0.704. The van der Waals surface area contributed by atoms with E-state index in [1.807, 2.05) is 0 Å². The monoisotopic (exact) mass is 144 g/mol. The van der Waals surface area contributed by atoms with Crippen LogP contribution in [0.1, 0.15) is 6.42 Å². The molecule has 0 aliphatic rings. The van der Waals surface area contributed by atoms with Gasteiger partial charge in [-0.25, -0.2) is 13.2 Å². The Kier molecular flexibility index (Phi) is 3.69. The predicted molar refractivity (Wildman–Crippen MR) is 25.7 cm³/mol. The Morgan fingerprint density at radius 1 is 1.62 bits per heavy atom. The summed E-state index contributed by atoms with van der Waals surface area (Å²) in [5.41, 5.74) is 0. The molecule has 48 valence electrons. The van der Waals surface area contributed by atoms with Crippen LogP contribution in [0.5, 0.6) is 0 Å². The van der Waals surface area contributed by atoms with Gasteiger partial charge < -0.3 is 0 Å². The molecule has 8 heavy (non-hydrogen) atoms. The van der Waals surface area contributed by atoms with Gasteiger partial charge in [-0.1, -0.05) is 11.6 Å². The molecule has 0 aromatic heterocycles. The van der Waals surface area contributed by atoms with Crippen molar-refractivity contribution in [1.82, 2.24) is 0 Å². The molecule has 0 heterocycles. The highest BCUT2D eigenvalue weighted by Gasteiger charge is 2.03. The van der Waals surface area contributed by atoms with Crippen LogP contribution in [-0.4, -0.2) is 6.43 Å². The number of alkyl halides is 2. The molecule has 0 aliphatic carbocycles. The quantitative estimate of drug-likeness (QED) is 0.559. The van der Waals surface area contributed by atoms with Crippen LogP contribution in [0.4, 0.5) is 13.2 Å². The van der Waals surface area contributed by atoms with Gasteiger partial charge in [0.1, 0.15) is 6.33 Å². The Balaban J connectivity index is 3.39. The zero-order valence-electron chi connectivity index (χ0n) is 3.87. The van der Waals surface area contributed by atoms with Crippen molar-refractivity contribution in [2.75, 3.05) is 0 Å². The molecule has 0 rings (SSSR count). The normalized spacial score (nSPS) is 12.9. The van der Waals surface area contributed by atoms with E-state index in [1.54, 1.807) is 0 Å². The number of allylic oxidation sites excluding steroid dienone is 1. The van der Waals surface area contributed by atoms with Crippen LogP contribution in [-0.2, 0) is 0 Å². The lowest BCUT2D eigenvalue weighted by Gasteiger charge is -1.91. The van der Waals surface area contributed by atoms with Gasteiger partial charge in [0.05, 0.1) is 5.03 Å². The second kappa shape index (κ2) is 3.78. The molecule has 0 bridgehead atoms. The lowest BCUT2D eigenvalue weighted by atomic mass is 10.4. The fraction of sp³-hybridized carbons (Fsp3) is 0.500. The predicted octanol–water partition coefficient (Wildman–Crippen LogP) is 2.69. The average Bonchev–Trinajstić information content (AvgIpc) is 1.65. The summed E-state index contributed by atoms with van der Waals surface area (Å²) in [4.78, 5) is 0. The Hall–Kier alpha value is -0.180. The molecule has 0 atom stereocenters. The Labute approximate surface area is 49.9 Å². The van der Waals surface area contributed by atoms with E-state index in [0.717, 1.165) is 0 Å². The lowest BCUT2D eigenvalue weighted by Crippen LogP contribution is -1.87. The first kappa shape index (κ1) is 7.82. The topological polar surface area (TPSA) is 0 Å².